The zero-order valence-electron chi connectivity index (χ0n) is 32.5. The Morgan fingerprint density at radius 2 is 1.51 bits per heavy atom. The second-order valence-corrected chi connectivity index (χ2v) is 13.8. The molecule has 2 atom stereocenters. The first-order chi connectivity index (χ1) is 26.6. The summed E-state index contributed by atoms with van der Waals surface area (Å²) in [6.07, 6.45) is 8.30. The number of nitrogens with one attached hydrogen (secondary N) is 1. The first-order valence-corrected chi connectivity index (χ1v) is 19.6. The third-order valence-corrected chi connectivity index (χ3v) is 10.1. The molecule has 55 heavy (non-hydrogen) atoms. The van der Waals surface area contributed by atoms with Crippen molar-refractivity contribution in [1.82, 2.24) is 10.4 Å². The van der Waals surface area contributed by atoms with Gasteiger partial charge in [0.2, 0.25) is 5.91 Å². The topological polar surface area (TPSA) is 182 Å². The quantitative estimate of drug-likeness (QED) is 0.102. The Hall–Kier alpha value is -4.76. The van der Waals surface area contributed by atoms with E-state index in [0.29, 0.717) is 58.4 Å². The number of amides is 3. The van der Waals surface area contributed by atoms with Crippen LogP contribution in [0.5, 0.6) is 28.7 Å². The molecule has 15 heteroatoms. The maximum absolute atomic E-state index is 13.4. The molecule has 1 saturated heterocycles. The lowest BCUT2D eigenvalue weighted by atomic mass is 9.84. The number of hydroxylamine groups is 2. The summed E-state index contributed by atoms with van der Waals surface area (Å²) in [6.45, 7) is 0.498. The summed E-state index contributed by atoms with van der Waals surface area (Å²) in [6, 6.07) is 9.20. The summed E-state index contributed by atoms with van der Waals surface area (Å²) in [4.78, 5) is 65.8. The minimum absolute atomic E-state index is 0.0321. The van der Waals surface area contributed by atoms with Gasteiger partial charge in [-0.25, -0.2) is 4.79 Å². The van der Waals surface area contributed by atoms with Gasteiger partial charge in [-0.3, -0.25) is 19.2 Å². The third-order valence-electron chi connectivity index (χ3n) is 9.30. The monoisotopic (exact) mass is 785 g/mol. The van der Waals surface area contributed by atoms with Crippen molar-refractivity contribution in [3.63, 3.8) is 0 Å². The lowest BCUT2D eigenvalue weighted by molar-refractivity contribution is -0.197. The molecule has 3 amide bonds. The first-order valence-electron chi connectivity index (χ1n) is 18.5. The van der Waals surface area contributed by atoms with E-state index in [-0.39, 0.29) is 49.9 Å². The minimum atomic E-state index is -0.716. The van der Waals surface area contributed by atoms with E-state index in [1.54, 1.807) is 52.3 Å². The predicted molar refractivity (Wildman–Crippen MR) is 209 cm³/mol. The van der Waals surface area contributed by atoms with Crippen LogP contribution in [0.2, 0.25) is 0 Å². The summed E-state index contributed by atoms with van der Waals surface area (Å²) < 4.78 is 27.9. The van der Waals surface area contributed by atoms with Crippen LogP contribution in [-0.2, 0) is 34.6 Å². The number of nitrogens with zero attached hydrogens (tertiary/aromatic N) is 1. The second-order valence-electron chi connectivity index (χ2n) is 12.9. The molecule has 1 heterocycles. The normalized spacial score (nSPS) is 17.0. The highest BCUT2D eigenvalue weighted by Gasteiger charge is 2.32. The van der Waals surface area contributed by atoms with Gasteiger partial charge in [-0.05, 0) is 74.2 Å². The molecule has 302 valence electrons. The first kappa shape index (κ1) is 44.6. The molecule has 1 aliphatic carbocycles. The molecule has 4 rings (SSSR count). The van der Waals surface area contributed by atoms with Gasteiger partial charge in [0, 0.05) is 50.1 Å². The standard InChI is InChI=1S/C39H50N2O11S.CH5N/c1-47-29-23-32(49-3)30(33(24-29)50-4)19-21-53-25-27-13-15-31(48-2)34(22-27)51-39(46)28-9-6-5-8-26(12-14-28)18-20-40-35(42)10-7-11-38(45)52-41-36(43)16-17-37(41)44;1-2/h13,15,19,21-24,26,28H,5-12,14,16-18,20,25H2,1-4H3,(H,40,42);2H2,1H3/b21-19+;. The molecule has 1 saturated carbocycles. The number of hydrogen-bond donors (Lipinski definition) is 2. The van der Waals surface area contributed by atoms with Crippen molar-refractivity contribution in [2.75, 3.05) is 42.0 Å². The highest BCUT2D eigenvalue weighted by atomic mass is 32.2. The van der Waals surface area contributed by atoms with Crippen LogP contribution in [0.4, 0.5) is 0 Å². The van der Waals surface area contributed by atoms with Crippen molar-refractivity contribution in [3.8, 4) is 28.7 Å². The van der Waals surface area contributed by atoms with Crippen molar-refractivity contribution < 1.29 is 52.5 Å². The van der Waals surface area contributed by atoms with Crippen LogP contribution in [0.1, 0.15) is 88.2 Å². The molecule has 0 bridgehead atoms. The summed E-state index contributed by atoms with van der Waals surface area (Å²) in [7, 11) is 7.83. The average Bonchev–Trinajstić information content (AvgIpc) is 3.50. The van der Waals surface area contributed by atoms with Gasteiger partial charge in [0.05, 0.1) is 39.9 Å². The van der Waals surface area contributed by atoms with Gasteiger partial charge < -0.3 is 39.6 Å². The van der Waals surface area contributed by atoms with Crippen LogP contribution in [0.3, 0.4) is 0 Å². The van der Waals surface area contributed by atoms with E-state index in [9.17, 15) is 24.0 Å². The van der Waals surface area contributed by atoms with Gasteiger partial charge in [0.1, 0.15) is 17.2 Å². The van der Waals surface area contributed by atoms with Crippen LogP contribution < -0.4 is 34.7 Å². The number of rotatable bonds is 18. The fourth-order valence-electron chi connectivity index (χ4n) is 6.32. The van der Waals surface area contributed by atoms with Gasteiger partial charge >= 0.3 is 11.9 Å². The van der Waals surface area contributed by atoms with Gasteiger partial charge in [0.25, 0.3) is 11.8 Å². The van der Waals surface area contributed by atoms with Gasteiger partial charge in [0.15, 0.2) is 11.5 Å². The molecule has 14 nitrogen and oxygen atoms in total. The summed E-state index contributed by atoms with van der Waals surface area (Å²) in [5.74, 6) is 1.31. The van der Waals surface area contributed by atoms with Crippen LogP contribution in [0, 0.1) is 11.8 Å². The maximum Gasteiger partial charge on any atom is 0.333 e. The molecule has 2 unspecified atom stereocenters. The zero-order chi connectivity index (χ0) is 40.2. The molecule has 0 radical (unpaired) electrons. The highest BCUT2D eigenvalue weighted by molar-refractivity contribution is 8.01. The summed E-state index contributed by atoms with van der Waals surface area (Å²) in [5, 5.41) is 5.39. The molecule has 2 aromatic rings. The van der Waals surface area contributed by atoms with E-state index in [1.807, 2.05) is 29.7 Å². The number of carbonyl (C=O) groups is 5. The average molecular weight is 786 g/mol. The molecular weight excluding hydrogens is 731 g/mol. The van der Waals surface area contributed by atoms with Crippen molar-refractivity contribution in [3.05, 3.63) is 46.9 Å². The van der Waals surface area contributed by atoms with Crippen LogP contribution in [-0.4, -0.2) is 76.8 Å². The number of methoxy groups -OCH3 is 4. The van der Waals surface area contributed by atoms with Crippen molar-refractivity contribution >= 4 is 47.5 Å². The summed E-state index contributed by atoms with van der Waals surface area (Å²) in [5.41, 5.74) is 6.26. The number of nitrogens with two attached hydrogens (primary N) is 1. The van der Waals surface area contributed by atoms with Crippen LogP contribution in [0.25, 0.3) is 6.08 Å². The highest BCUT2D eigenvalue weighted by Crippen LogP contribution is 2.37. The Bertz CT molecular complexity index is 1590. The molecule has 0 aromatic heterocycles. The Morgan fingerprint density at radius 3 is 2.16 bits per heavy atom. The van der Waals surface area contributed by atoms with E-state index in [4.69, 9.17) is 28.5 Å². The molecule has 2 aliphatic rings. The van der Waals surface area contributed by atoms with Crippen molar-refractivity contribution in [2.45, 2.75) is 82.8 Å². The lowest BCUT2D eigenvalue weighted by Crippen LogP contribution is -2.32. The van der Waals surface area contributed by atoms with E-state index in [0.717, 1.165) is 49.7 Å². The maximum atomic E-state index is 13.4. The second kappa shape index (κ2) is 23.9. The van der Waals surface area contributed by atoms with Crippen molar-refractivity contribution in [2.24, 2.45) is 17.6 Å². The minimum Gasteiger partial charge on any atom is -0.496 e. The molecule has 1 aliphatic heterocycles. The molecular formula is C40H55N3O11S. The molecule has 0 spiro atoms. The largest absolute Gasteiger partial charge is 0.496 e. The number of ether oxygens (including phenoxy) is 5. The van der Waals surface area contributed by atoms with Crippen LogP contribution in [0.15, 0.2) is 35.7 Å². The number of benzene rings is 2. The number of esters is 1. The van der Waals surface area contributed by atoms with Gasteiger partial charge in [-0.1, -0.05) is 25.3 Å². The van der Waals surface area contributed by atoms with E-state index < -0.39 is 17.8 Å². The number of hydrogen-bond acceptors (Lipinski definition) is 13. The number of carbonyl (C=O) groups excluding carboxylic acids is 5. The van der Waals surface area contributed by atoms with Gasteiger partial charge in [-0.15, -0.1) is 16.8 Å². The Morgan fingerprint density at radius 1 is 0.836 bits per heavy atom. The fraction of sp³-hybridized carbons (Fsp3) is 0.525. The lowest BCUT2D eigenvalue weighted by Gasteiger charge is -2.24. The molecule has 3 N–H and O–H groups in total. The smallest absolute Gasteiger partial charge is 0.333 e. The van der Waals surface area contributed by atoms with Crippen molar-refractivity contribution in [1.29, 1.82) is 0 Å². The SMILES string of the molecule is CN.COc1cc(OC)c(/C=C/SCc2ccc(OC)c(OC(=O)C3CCCCC(CCNC(=O)CCCC(=O)ON4C(=O)CCC4=O)CC3)c2)c(OC)c1. The Kier molecular flexibility index (Phi) is 19.4. The summed E-state index contributed by atoms with van der Waals surface area (Å²) >= 11 is 1.57. The van der Waals surface area contributed by atoms with Gasteiger partial charge in [-0.2, -0.15) is 0 Å². The van der Waals surface area contributed by atoms with Crippen LogP contribution >= 0.6 is 11.8 Å². The molecule has 2 fully saturated rings. The Balaban J connectivity index is 0.00000399. The fourth-order valence-corrected chi connectivity index (χ4v) is 7.02. The number of thioether (sulfide) groups is 1. The zero-order valence-corrected chi connectivity index (χ0v) is 33.3. The molecule has 2 aromatic carbocycles. The van der Waals surface area contributed by atoms with E-state index in [2.05, 4.69) is 11.1 Å². The number of imide groups is 1. The van der Waals surface area contributed by atoms with E-state index >= 15 is 0 Å². The third kappa shape index (κ3) is 14.1. The Labute approximate surface area is 327 Å². The predicted octanol–water partition coefficient (Wildman–Crippen LogP) is 5.98. The van der Waals surface area contributed by atoms with E-state index in [1.165, 1.54) is 7.05 Å².